The highest BCUT2D eigenvalue weighted by Crippen LogP contribution is 2.13. The number of halogens is 2. The van der Waals surface area contributed by atoms with Crippen molar-refractivity contribution in [2.75, 3.05) is 0 Å². The molecule has 0 bridgehead atoms. The summed E-state index contributed by atoms with van der Waals surface area (Å²) in [5.41, 5.74) is 10.7. The summed E-state index contributed by atoms with van der Waals surface area (Å²) in [6, 6.07) is 2.16. The van der Waals surface area contributed by atoms with Crippen molar-refractivity contribution < 1.29 is 8.78 Å². The summed E-state index contributed by atoms with van der Waals surface area (Å²) >= 11 is 0. The standard InChI is InChI=1S/C8H10F2N2/c9-7-1-5(3-11)8(10)2-6(7)4-12/h1-2H,3-4,11-12H2. The molecule has 0 aliphatic rings. The van der Waals surface area contributed by atoms with Crippen molar-refractivity contribution in [3.8, 4) is 0 Å². The Morgan fingerprint density at radius 3 is 1.50 bits per heavy atom. The summed E-state index contributed by atoms with van der Waals surface area (Å²) in [6.45, 7) is -0.0127. The summed E-state index contributed by atoms with van der Waals surface area (Å²) in [4.78, 5) is 0. The molecule has 66 valence electrons. The molecular weight excluding hydrogens is 162 g/mol. The van der Waals surface area contributed by atoms with Crippen LogP contribution in [0.5, 0.6) is 0 Å². The molecule has 4 N–H and O–H groups in total. The molecule has 0 amide bonds. The number of rotatable bonds is 2. The maximum absolute atomic E-state index is 12.9. The van der Waals surface area contributed by atoms with Crippen LogP contribution in [-0.4, -0.2) is 0 Å². The molecule has 0 unspecified atom stereocenters. The van der Waals surface area contributed by atoms with Crippen LogP contribution in [0.15, 0.2) is 12.1 Å². The van der Waals surface area contributed by atoms with Crippen molar-refractivity contribution >= 4 is 0 Å². The molecule has 4 heteroatoms. The van der Waals surface area contributed by atoms with Gasteiger partial charge in [-0.3, -0.25) is 0 Å². The Kier molecular flexibility index (Phi) is 2.73. The number of hydrogen-bond donors (Lipinski definition) is 2. The van der Waals surface area contributed by atoms with E-state index in [1.165, 1.54) is 0 Å². The van der Waals surface area contributed by atoms with Gasteiger partial charge in [0.05, 0.1) is 0 Å². The fourth-order valence-electron chi connectivity index (χ4n) is 0.942. The van der Waals surface area contributed by atoms with Gasteiger partial charge in [0.1, 0.15) is 11.6 Å². The van der Waals surface area contributed by atoms with E-state index in [-0.39, 0.29) is 24.2 Å². The molecule has 0 heterocycles. The fourth-order valence-corrected chi connectivity index (χ4v) is 0.942. The van der Waals surface area contributed by atoms with E-state index in [9.17, 15) is 8.78 Å². The average molecular weight is 172 g/mol. The molecule has 0 saturated heterocycles. The lowest BCUT2D eigenvalue weighted by Gasteiger charge is -2.03. The molecule has 1 aromatic carbocycles. The number of hydrogen-bond acceptors (Lipinski definition) is 2. The van der Waals surface area contributed by atoms with Gasteiger partial charge in [0.25, 0.3) is 0 Å². The third-order valence-electron chi connectivity index (χ3n) is 1.66. The highest BCUT2D eigenvalue weighted by molar-refractivity contribution is 5.25. The van der Waals surface area contributed by atoms with Crippen LogP contribution in [0, 0.1) is 11.6 Å². The minimum absolute atomic E-state index is 0.00634. The highest BCUT2D eigenvalue weighted by atomic mass is 19.1. The second kappa shape index (κ2) is 3.60. The zero-order chi connectivity index (χ0) is 9.14. The minimum Gasteiger partial charge on any atom is -0.326 e. The number of nitrogens with two attached hydrogens (primary N) is 2. The van der Waals surface area contributed by atoms with Crippen molar-refractivity contribution in [3.63, 3.8) is 0 Å². The molecule has 0 spiro atoms. The van der Waals surface area contributed by atoms with Crippen LogP contribution in [0.3, 0.4) is 0 Å². The van der Waals surface area contributed by atoms with Crippen molar-refractivity contribution in [2.45, 2.75) is 13.1 Å². The molecule has 2 nitrogen and oxygen atoms in total. The Bertz CT molecular complexity index is 257. The molecule has 0 aliphatic carbocycles. The van der Waals surface area contributed by atoms with E-state index in [1.807, 2.05) is 0 Å². The van der Waals surface area contributed by atoms with Crippen molar-refractivity contribution in [2.24, 2.45) is 11.5 Å². The van der Waals surface area contributed by atoms with Crippen molar-refractivity contribution in [3.05, 3.63) is 34.9 Å². The first-order chi connectivity index (χ1) is 5.69. The SMILES string of the molecule is NCc1cc(F)c(CN)cc1F. The monoisotopic (exact) mass is 172 g/mol. The second-order valence-corrected chi connectivity index (χ2v) is 2.44. The predicted molar refractivity (Wildman–Crippen MR) is 42.1 cm³/mol. The van der Waals surface area contributed by atoms with Gasteiger partial charge in [-0.15, -0.1) is 0 Å². The van der Waals surface area contributed by atoms with Gasteiger partial charge in [-0.05, 0) is 12.1 Å². The predicted octanol–water partition coefficient (Wildman–Crippen LogP) is 0.882. The highest BCUT2D eigenvalue weighted by Gasteiger charge is 2.06. The first kappa shape index (κ1) is 9.09. The third-order valence-corrected chi connectivity index (χ3v) is 1.66. The molecule has 1 rings (SSSR count). The first-order valence-electron chi connectivity index (χ1n) is 3.56. The fraction of sp³-hybridized carbons (Fsp3) is 0.250. The van der Waals surface area contributed by atoms with Gasteiger partial charge in [-0.2, -0.15) is 0 Å². The van der Waals surface area contributed by atoms with Crippen LogP contribution in [0.2, 0.25) is 0 Å². The van der Waals surface area contributed by atoms with Crippen molar-refractivity contribution in [1.29, 1.82) is 0 Å². The lowest BCUT2D eigenvalue weighted by molar-refractivity contribution is 0.573. The van der Waals surface area contributed by atoms with E-state index in [0.29, 0.717) is 0 Å². The molecule has 0 fully saturated rings. The van der Waals surface area contributed by atoms with Crippen LogP contribution in [0.25, 0.3) is 0 Å². The largest absolute Gasteiger partial charge is 0.326 e. The lowest BCUT2D eigenvalue weighted by atomic mass is 10.1. The Morgan fingerprint density at radius 2 is 1.25 bits per heavy atom. The van der Waals surface area contributed by atoms with Gasteiger partial charge >= 0.3 is 0 Å². The molecular formula is C8H10F2N2. The summed E-state index contributed by atoms with van der Waals surface area (Å²) in [7, 11) is 0. The van der Waals surface area contributed by atoms with E-state index in [0.717, 1.165) is 12.1 Å². The zero-order valence-corrected chi connectivity index (χ0v) is 6.48. The Labute approximate surface area is 69.2 Å². The van der Waals surface area contributed by atoms with E-state index in [1.54, 1.807) is 0 Å². The Balaban J connectivity index is 3.16. The van der Waals surface area contributed by atoms with E-state index >= 15 is 0 Å². The molecule has 0 radical (unpaired) electrons. The molecule has 0 aromatic heterocycles. The van der Waals surface area contributed by atoms with Gasteiger partial charge in [-0.1, -0.05) is 0 Å². The van der Waals surface area contributed by atoms with Crippen molar-refractivity contribution in [1.82, 2.24) is 0 Å². The lowest BCUT2D eigenvalue weighted by Crippen LogP contribution is -2.05. The van der Waals surface area contributed by atoms with Crippen LogP contribution >= 0.6 is 0 Å². The van der Waals surface area contributed by atoms with E-state index in [2.05, 4.69) is 0 Å². The molecule has 1 aromatic rings. The van der Waals surface area contributed by atoms with Gasteiger partial charge in [0.15, 0.2) is 0 Å². The topological polar surface area (TPSA) is 52.0 Å². The smallest absolute Gasteiger partial charge is 0.128 e. The Hall–Kier alpha value is -1.00. The summed E-state index contributed by atoms with van der Waals surface area (Å²) in [5, 5.41) is 0. The van der Waals surface area contributed by atoms with Crippen LogP contribution in [-0.2, 0) is 13.1 Å². The van der Waals surface area contributed by atoms with Gasteiger partial charge in [0.2, 0.25) is 0 Å². The van der Waals surface area contributed by atoms with Gasteiger partial charge in [-0.25, -0.2) is 8.78 Å². The molecule has 0 aliphatic heterocycles. The van der Waals surface area contributed by atoms with Crippen LogP contribution in [0.4, 0.5) is 8.78 Å². The third kappa shape index (κ3) is 1.60. The maximum Gasteiger partial charge on any atom is 0.128 e. The minimum atomic E-state index is -0.501. The molecule has 0 atom stereocenters. The summed E-state index contributed by atoms with van der Waals surface area (Å²) < 4.78 is 25.8. The quantitative estimate of drug-likeness (QED) is 0.695. The second-order valence-electron chi connectivity index (χ2n) is 2.44. The van der Waals surface area contributed by atoms with Gasteiger partial charge in [0, 0.05) is 24.2 Å². The van der Waals surface area contributed by atoms with E-state index in [4.69, 9.17) is 11.5 Å². The average Bonchev–Trinajstić information content (AvgIpc) is 2.08. The first-order valence-corrected chi connectivity index (χ1v) is 3.56. The normalized spacial score (nSPS) is 10.3. The summed E-state index contributed by atoms with van der Waals surface area (Å²) in [6.07, 6.45) is 0. The van der Waals surface area contributed by atoms with E-state index < -0.39 is 11.6 Å². The molecule has 12 heavy (non-hydrogen) atoms. The zero-order valence-electron chi connectivity index (χ0n) is 6.48. The summed E-state index contributed by atoms with van der Waals surface area (Å²) in [5.74, 6) is -1.00. The van der Waals surface area contributed by atoms with Gasteiger partial charge < -0.3 is 11.5 Å². The maximum atomic E-state index is 12.9. The number of benzene rings is 1. The molecule has 0 saturated carbocycles. The van der Waals surface area contributed by atoms with Crippen LogP contribution < -0.4 is 11.5 Å². The van der Waals surface area contributed by atoms with Crippen LogP contribution in [0.1, 0.15) is 11.1 Å². The Morgan fingerprint density at radius 1 is 0.917 bits per heavy atom.